The number of nitrogens with zero attached hydrogens (tertiary/aromatic N) is 4. The number of anilines is 2. The Labute approximate surface area is 186 Å². The molecular weight excluding hydrogens is 408 g/mol. The highest BCUT2D eigenvalue weighted by atomic mass is 16.4. The van der Waals surface area contributed by atoms with E-state index in [4.69, 9.17) is 0 Å². The Morgan fingerprint density at radius 2 is 1.69 bits per heavy atom. The molecule has 1 N–H and O–H groups in total. The van der Waals surface area contributed by atoms with Gasteiger partial charge in [-0.05, 0) is 48.9 Å². The fourth-order valence-corrected chi connectivity index (χ4v) is 3.86. The largest absolute Gasteiger partial charge is 0.478 e. The molecule has 0 saturated carbocycles. The summed E-state index contributed by atoms with van der Waals surface area (Å²) >= 11 is 0. The number of carbonyl (C=O) groups excluding carboxylic acids is 2. The van der Waals surface area contributed by atoms with Gasteiger partial charge in [0, 0.05) is 38.8 Å². The van der Waals surface area contributed by atoms with Crippen LogP contribution in [-0.4, -0.2) is 59.7 Å². The van der Waals surface area contributed by atoms with Crippen LogP contribution in [0.1, 0.15) is 29.8 Å². The number of benzene rings is 2. The lowest BCUT2D eigenvalue weighted by molar-refractivity contribution is -0.129. The molecule has 0 bridgehead atoms. The summed E-state index contributed by atoms with van der Waals surface area (Å²) in [7, 11) is 0. The van der Waals surface area contributed by atoms with E-state index < -0.39 is 5.97 Å². The van der Waals surface area contributed by atoms with Crippen LogP contribution in [0.5, 0.6) is 0 Å². The minimum absolute atomic E-state index is 0.0975. The van der Waals surface area contributed by atoms with Gasteiger partial charge in [-0.3, -0.25) is 9.59 Å². The van der Waals surface area contributed by atoms with Crippen molar-refractivity contribution in [2.75, 3.05) is 36.1 Å². The lowest BCUT2D eigenvalue weighted by Crippen LogP contribution is -2.48. The Morgan fingerprint density at radius 1 is 1.00 bits per heavy atom. The topological polar surface area (TPSA) is 93.5 Å². The van der Waals surface area contributed by atoms with Crippen molar-refractivity contribution in [3.05, 3.63) is 65.2 Å². The first-order valence-corrected chi connectivity index (χ1v) is 10.4. The summed E-state index contributed by atoms with van der Waals surface area (Å²) < 4.78 is 0. The van der Waals surface area contributed by atoms with Gasteiger partial charge >= 0.3 is 5.97 Å². The maximum absolute atomic E-state index is 13.0. The zero-order chi connectivity index (χ0) is 22.8. The summed E-state index contributed by atoms with van der Waals surface area (Å²) in [6.07, 6.45) is 1.79. The molecule has 8 nitrogen and oxygen atoms in total. The van der Waals surface area contributed by atoms with Crippen LogP contribution in [0.4, 0.5) is 11.4 Å². The standard InChI is InChI=1S/C24H24N4O4/c1-16-22(23(30)28(25-16)21-5-3-4-19(15-21)24(31)32)14-18-6-8-20(9-7-18)27-12-10-26(11-13-27)17(2)29/h3-9,14-15H,10-13H2,1-2H3,(H,31,32)/b22-14-. The fraction of sp³-hybridized carbons (Fsp3) is 0.250. The molecule has 2 aromatic rings. The maximum Gasteiger partial charge on any atom is 0.335 e. The molecule has 0 aliphatic carbocycles. The van der Waals surface area contributed by atoms with Crippen LogP contribution in [0.15, 0.2) is 59.2 Å². The number of hydrogen-bond donors (Lipinski definition) is 1. The van der Waals surface area contributed by atoms with Gasteiger partial charge in [0.25, 0.3) is 5.91 Å². The molecule has 1 saturated heterocycles. The SMILES string of the molecule is CC(=O)N1CCN(c2ccc(/C=C3\C(=O)N(c4cccc(C(=O)O)c4)N=C3C)cc2)CC1. The molecule has 0 radical (unpaired) electrons. The van der Waals surface area contributed by atoms with Gasteiger partial charge in [-0.15, -0.1) is 0 Å². The highest BCUT2D eigenvalue weighted by molar-refractivity contribution is 6.32. The van der Waals surface area contributed by atoms with E-state index in [0.29, 0.717) is 30.1 Å². The minimum atomic E-state index is -1.06. The smallest absolute Gasteiger partial charge is 0.335 e. The molecule has 164 valence electrons. The third-order valence-electron chi connectivity index (χ3n) is 5.69. The molecule has 2 aliphatic rings. The fourth-order valence-electron chi connectivity index (χ4n) is 3.86. The number of carboxylic acids is 1. The van der Waals surface area contributed by atoms with Crippen LogP contribution in [0.2, 0.25) is 0 Å². The first-order valence-electron chi connectivity index (χ1n) is 10.4. The van der Waals surface area contributed by atoms with E-state index in [2.05, 4.69) is 10.0 Å². The number of hydrogen-bond acceptors (Lipinski definition) is 5. The number of carbonyl (C=O) groups is 3. The third kappa shape index (κ3) is 4.25. The summed E-state index contributed by atoms with van der Waals surface area (Å²) in [5.41, 5.74) is 3.49. The van der Waals surface area contributed by atoms with E-state index in [0.717, 1.165) is 24.3 Å². The Kier molecular flexibility index (Phi) is 5.77. The number of amides is 2. The molecule has 2 aromatic carbocycles. The van der Waals surface area contributed by atoms with Crippen LogP contribution in [0, 0.1) is 0 Å². The van der Waals surface area contributed by atoms with Crippen LogP contribution in [0.25, 0.3) is 6.08 Å². The van der Waals surface area contributed by atoms with Crippen molar-refractivity contribution in [3.8, 4) is 0 Å². The van der Waals surface area contributed by atoms with Crippen molar-refractivity contribution in [1.29, 1.82) is 0 Å². The second-order valence-corrected chi connectivity index (χ2v) is 7.80. The van der Waals surface area contributed by atoms with Crippen LogP contribution in [0.3, 0.4) is 0 Å². The normalized spacial score (nSPS) is 17.7. The van der Waals surface area contributed by atoms with Gasteiger partial charge in [0.15, 0.2) is 0 Å². The molecule has 2 aliphatic heterocycles. The summed E-state index contributed by atoms with van der Waals surface area (Å²) in [4.78, 5) is 39.8. The monoisotopic (exact) mass is 432 g/mol. The van der Waals surface area contributed by atoms with E-state index in [9.17, 15) is 19.5 Å². The second kappa shape index (κ2) is 8.66. The zero-order valence-corrected chi connectivity index (χ0v) is 18.0. The number of piperazine rings is 1. The Morgan fingerprint density at radius 3 is 2.31 bits per heavy atom. The second-order valence-electron chi connectivity index (χ2n) is 7.80. The van der Waals surface area contributed by atoms with Crippen molar-refractivity contribution < 1.29 is 19.5 Å². The van der Waals surface area contributed by atoms with Gasteiger partial charge in [0.05, 0.1) is 22.5 Å². The number of carboxylic acid groups (broad SMARTS) is 1. The quantitative estimate of drug-likeness (QED) is 0.750. The van der Waals surface area contributed by atoms with E-state index >= 15 is 0 Å². The number of aromatic carboxylic acids is 1. The Balaban J connectivity index is 1.49. The molecule has 4 rings (SSSR count). The van der Waals surface area contributed by atoms with Crippen molar-refractivity contribution in [1.82, 2.24) is 4.90 Å². The first kappa shape index (κ1) is 21.3. The summed E-state index contributed by atoms with van der Waals surface area (Å²) in [6.45, 7) is 6.35. The predicted molar refractivity (Wildman–Crippen MR) is 123 cm³/mol. The van der Waals surface area contributed by atoms with E-state index in [1.807, 2.05) is 29.2 Å². The Hall–Kier alpha value is -3.94. The van der Waals surface area contributed by atoms with Gasteiger partial charge < -0.3 is 14.9 Å². The van der Waals surface area contributed by atoms with Gasteiger partial charge in [-0.25, -0.2) is 4.79 Å². The third-order valence-corrected chi connectivity index (χ3v) is 5.69. The maximum atomic E-state index is 13.0. The van der Waals surface area contributed by atoms with Crippen LogP contribution >= 0.6 is 0 Å². The van der Waals surface area contributed by atoms with E-state index in [-0.39, 0.29) is 17.4 Å². The molecule has 0 spiro atoms. The average molecular weight is 432 g/mol. The first-order chi connectivity index (χ1) is 15.3. The highest BCUT2D eigenvalue weighted by Crippen LogP contribution is 2.26. The van der Waals surface area contributed by atoms with Crippen molar-refractivity contribution >= 4 is 40.9 Å². The molecule has 2 heterocycles. The molecule has 0 aromatic heterocycles. The van der Waals surface area contributed by atoms with Crippen molar-refractivity contribution in [3.63, 3.8) is 0 Å². The number of hydrazone groups is 1. The molecule has 0 atom stereocenters. The lowest BCUT2D eigenvalue weighted by atomic mass is 10.1. The molecular formula is C24H24N4O4. The summed E-state index contributed by atoms with van der Waals surface area (Å²) in [5.74, 6) is -1.25. The average Bonchev–Trinajstić information content (AvgIpc) is 3.08. The molecule has 1 fully saturated rings. The van der Waals surface area contributed by atoms with E-state index in [1.165, 1.54) is 17.1 Å². The van der Waals surface area contributed by atoms with Gasteiger partial charge in [-0.2, -0.15) is 10.1 Å². The highest BCUT2D eigenvalue weighted by Gasteiger charge is 2.29. The van der Waals surface area contributed by atoms with Crippen molar-refractivity contribution in [2.45, 2.75) is 13.8 Å². The van der Waals surface area contributed by atoms with Crippen LogP contribution < -0.4 is 9.91 Å². The zero-order valence-electron chi connectivity index (χ0n) is 18.0. The van der Waals surface area contributed by atoms with Crippen LogP contribution in [-0.2, 0) is 9.59 Å². The molecule has 32 heavy (non-hydrogen) atoms. The van der Waals surface area contributed by atoms with E-state index in [1.54, 1.807) is 32.1 Å². The minimum Gasteiger partial charge on any atom is -0.478 e. The lowest BCUT2D eigenvalue weighted by Gasteiger charge is -2.35. The molecule has 8 heteroatoms. The van der Waals surface area contributed by atoms with Gasteiger partial charge in [0.1, 0.15) is 0 Å². The number of rotatable bonds is 4. The predicted octanol–water partition coefficient (Wildman–Crippen LogP) is 2.86. The molecule has 2 amide bonds. The summed E-state index contributed by atoms with van der Waals surface area (Å²) in [6, 6.07) is 14.1. The van der Waals surface area contributed by atoms with Crippen molar-refractivity contribution in [2.24, 2.45) is 5.10 Å². The van der Waals surface area contributed by atoms with Gasteiger partial charge in [-0.1, -0.05) is 18.2 Å². The molecule has 0 unspecified atom stereocenters. The summed E-state index contributed by atoms with van der Waals surface area (Å²) in [5, 5.41) is 14.8. The Bertz CT molecular complexity index is 1130. The van der Waals surface area contributed by atoms with Gasteiger partial charge in [0.2, 0.25) is 5.91 Å².